The Bertz CT molecular complexity index is 859. The molecule has 2 aromatic rings. The van der Waals surface area contributed by atoms with Crippen LogP contribution in [-0.4, -0.2) is 78.9 Å². The van der Waals surface area contributed by atoms with Crippen molar-refractivity contribution in [2.75, 3.05) is 57.3 Å². The maximum atomic E-state index is 13.1. The van der Waals surface area contributed by atoms with Gasteiger partial charge in [0.15, 0.2) is 0 Å². The maximum absolute atomic E-state index is 13.1. The van der Waals surface area contributed by atoms with Crippen LogP contribution in [0, 0.1) is 5.82 Å². The van der Waals surface area contributed by atoms with Gasteiger partial charge in [-0.15, -0.1) is 0 Å². The Morgan fingerprint density at radius 2 is 1.23 bits per heavy atom. The molecule has 2 fully saturated rings. The van der Waals surface area contributed by atoms with E-state index in [1.807, 2.05) is 18.2 Å². The van der Waals surface area contributed by atoms with E-state index in [0.29, 0.717) is 39.3 Å². The summed E-state index contributed by atoms with van der Waals surface area (Å²) in [6.45, 7) is 5.82. The van der Waals surface area contributed by atoms with Gasteiger partial charge >= 0.3 is 11.8 Å². The molecule has 2 amide bonds. The zero-order chi connectivity index (χ0) is 20.9. The van der Waals surface area contributed by atoms with E-state index in [-0.39, 0.29) is 5.82 Å². The van der Waals surface area contributed by atoms with Crippen molar-refractivity contribution in [3.8, 4) is 0 Å². The summed E-state index contributed by atoms with van der Waals surface area (Å²) in [5.74, 6) is -1.07. The second-order valence-corrected chi connectivity index (χ2v) is 7.81. The SMILES string of the molecule is O=C(C(=O)N1CCN(c2ccc(F)cc2)CC1)N1CCN(Cc2ccccc2)CC1. The van der Waals surface area contributed by atoms with Crippen molar-refractivity contribution in [1.82, 2.24) is 14.7 Å². The summed E-state index contributed by atoms with van der Waals surface area (Å²) in [5.41, 5.74) is 2.19. The lowest BCUT2D eigenvalue weighted by Crippen LogP contribution is -2.56. The molecule has 0 aliphatic carbocycles. The van der Waals surface area contributed by atoms with Crippen molar-refractivity contribution in [3.05, 3.63) is 66.0 Å². The molecular formula is C23H27FN4O2. The van der Waals surface area contributed by atoms with Crippen LogP contribution in [0.3, 0.4) is 0 Å². The van der Waals surface area contributed by atoms with Gasteiger partial charge in [0.25, 0.3) is 0 Å². The largest absolute Gasteiger partial charge is 0.368 e. The van der Waals surface area contributed by atoms with Crippen LogP contribution in [0.25, 0.3) is 0 Å². The summed E-state index contributed by atoms with van der Waals surface area (Å²) in [5, 5.41) is 0. The van der Waals surface area contributed by atoms with Crippen molar-refractivity contribution < 1.29 is 14.0 Å². The van der Waals surface area contributed by atoms with E-state index in [1.54, 1.807) is 21.9 Å². The molecular weight excluding hydrogens is 383 g/mol. The molecule has 30 heavy (non-hydrogen) atoms. The maximum Gasteiger partial charge on any atom is 0.312 e. The van der Waals surface area contributed by atoms with Crippen molar-refractivity contribution >= 4 is 17.5 Å². The Morgan fingerprint density at radius 1 is 0.700 bits per heavy atom. The molecule has 2 heterocycles. The highest BCUT2D eigenvalue weighted by Gasteiger charge is 2.31. The molecule has 2 aliphatic rings. The van der Waals surface area contributed by atoms with Crippen LogP contribution in [0.1, 0.15) is 5.56 Å². The van der Waals surface area contributed by atoms with Crippen molar-refractivity contribution in [1.29, 1.82) is 0 Å². The van der Waals surface area contributed by atoms with Crippen molar-refractivity contribution in [3.63, 3.8) is 0 Å². The van der Waals surface area contributed by atoms with E-state index >= 15 is 0 Å². The lowest BCUT2D eigenvalue weighted by molar-refractivity contribution is -0.153. The lowest BCUT2D eigenvalue weighted by atomic mass is 10.2. The van der Waals surface area contributed by atoms with E-state index in [1.165, 1.54) is 17.7 Å². The molecule has 0 saturated carbocycles. The van der Waals surface area contributed by atoms with Crippen LogP contribution in [0.4, 0.5) is 10.1 Å². The summed E-state index contributed by atoms with van der Waals surface area (Å²) in [4.78, 5) is 33.2. The Hall–Kier alpha value is -2.93. The van der Waals surface area contributed by atoms with Gasteiger partial charge in [0.2, 0.25) is 0 Å². The summed E-state index contributed by atoms with van der Waals surface area (Å²) in [6.07, 6.45) is 0. The molecule has 0 unspecified atom stereocenters. The van der Waals surface area contributed by atoms with Gasteiger partial charge in [-0.1, -0.05) is 30.3 Å². The Balaban J connectivity index is 1.24. The zero-order valence-corrected chi connectivity index (χ0v) is 17.0. The quantitative estimate of drug-likeness (QED) is 0.725. The first-order valence-electron chi connectivity index (χ1n) is 10.4. The number of piperazine rings is 2. The second-order valence-electron chi connectivity index (χ2n) is 7.81. The summed E-state index contributed by atoms with van der Waals surface area (Å²) in [6, 6.07) is 16.6. The third-order valence-electron chi connectivity index (χ3n) is 5.85. The number of anilines is 1. The van der Waals surface area contributed by atoms with Crippen LogP contribution < -0.4 is 4.90 Å². The van der Waals surface area contributed by atoms with E-state index in [0.717, 1.165) is 25.3 Å². The minimum Gasteiger partial charge on any atom is -0.368 e. The number of amides is 2. The fourth-order valence-electron chi connectivity index (χ4n) is 4.04. The number of hydrogen-bond donors (Lipinski definition) is 0. The first-order chi connectivity index (χ1) is 14.6. The number of nitrogens with zero attached hydrogens (tertiary/aromatic N) is 4. The number of halogens is 1. The van der Waals surface area contributed by atoms with Gasteiger partial charge in [0.05, 0.1) is 0 Å². The van der Waals surface area contributed by atoms with Gasteiger partial charge in [-0.25, -0.2) is 4.39 Å². The average Bonchev–Trinajstić information content (AvgIpc) is 2.80. The van der Waals surface area contributed by atoms with Crippen molar-refractivity contribution in [2.45, 2.75) is 6.54 Å². The zero-order valence-electron chi connectivity index (χ0n) is 17.0. The molecule has 0 radical (unpaired) electrons. The molecule has 2 saturated heterocycles. The second kappa shape index (κ2) is 9.26. The lowest BCUT2D eigenvalue weighted by Gasteiger charge is -2.38. The van der Waals surface area contributed by atoms with E-state index in [9.17, 15) is 14.0 Å². The fourth-order valence-corrected chi connectivity index (χ4v) is 4.04. The first-order valence-corrected chi connectivity index (χ1v) is 10.4. The molecule has 2 aromatic carbocycles. The third-order valence-corrected chi connectivity index (χ3v) is 5.85. The van der Waals surface area contributed by atoms with Crippen LogP contribution in [0.2, 0.25) is 0 Å². The van der Waals surface area contributed by atoms with Crippen LogP contribution in [0.15, 0.2) is 54.6 Å². The highest BCUT2D eigenvalue weighted by atomic mass is 19.1. The van der Waals surface area contributed by atoms with Crippen LogP contribution >= 0.6 is 0 Å². The Morgan fingerprint density at radius 3 is 1.80 bits per heavy atom. The number of carbonyl (C=O) groups excluding carboxylic acids is 2. The average molecular weight is 410 g/mol. The Labute approximate surface area is 176 Å². The van der Waals surface area contributed by atoms with Crippen LogP contribution in [-0.2, 0) is 16.1 Å². The number of hydrogen-bond acceptors (Lipinski definition) is 4. The van der Waals surface area contributed by atoms with E-state index < -0.39 is 11.8 Å². The topological polar surface area (TPSA) is 47.1 Å². The molecule has 0 spiro atoms. The van der Waals surface area contributed by atoms with Crippen molar-refractivity contribution in [2.24, 2.45) is 0 Å². The molecule has 6 nitrogen and oxygen atoms in total. The fraction of sp³-hybridized carbons (Fsp3) is 0.391. The van der Waals surface area contributed by atoms with Crippen LogP contribution in [0.5, 0.6) is 0 Å². The molecule has 0 aromatic heterocycles. The standard InChI is InChI=1S/C23H27FN4O2/c24-20-6-8-21(9-7-20)26-14-16-28(17-15-26)23(30)22(29)27-12-10-25(11-13-27)18-19-4-2-1-3-5-19/h1-9H,10-18H2. The molecule has 0 atom stereocenters. The summed E-state index contributed by atoms with van der Waals surface area (Å²) < 4.78 is 13.1. The minimum atomic E-state index is -0.412. The smallest absolute Gasteiger partial charge is 0.312 e. The molecule has 4 rings (SSSR count). The van der Waals surface area contributed by atoms with E-state index in [2.05, 4.69) is 21.9 Å². The number of carbonyl (C=O) groups is 2. The van der Waals surface area contributed by atoms with Gasteiger partial charge in [0, 0.05) is 64.6 Å². The predicted octanol–water partition coefficient (Wildman–Crippen LogP) is 1.82. The number of rotatable bonds is 3. The normalized spacial score (nSPS) is 17.8. The van der Waals surface area contributed by atoms with E-state index in [4.69, 9.17) is 0 Å². The highest BCUT2D eigenvalue weighted by Crippen LogP contribution is 2.17. The van der Waals surface area contributed by atoms with Gasteiger partial charge in [-0.3, -0.25) is 14.5 Å². The molecule has 158 valence electrons. The highest BCUT2D eigenvalue weighted by molar-refractivity contribution is 6.35. The predicted molar refractivity (Wildman–Crippen MR) is 113 cm³/mol. The molecule has 2 aliphatic heterocycles. The summed E-state index contributed by atoms with van der Waals surface area (Å²) >= 11 is 0. The monoisotopic (exact) mass is 410 g/mol. The molecule has 0 N–H and O–H groups in total. The van der Waals surface area contributed by atoms with Gasteiger partial charge < -0.3 is 14.7 Å². The number of benzene rings is 2. The first kappa shape index (κ1) is 20.3. The molecule has 0 bridgehead atoms. The third kappa shape index (κ3) is 4.79. The van der Waals surface area contributed by atoms with Gasteiger partial charge in [-0.05, 0) is 29.8 Å². The Kier molecular flexibility index (Phi) is 6.28. The van der Waals surface area contributed by atoms with Gasteiger partial charge in [0.1, 0.15) is 5.82 Å². The molecule has 7 heteroatoms. The minimum absolute atomic E-state index is 0.262. The summed E-state index contributed by atoms with van der Waals surface area (Å²) in [7, 11) is 0. The van der Waals surface area contributed by atoms with Gasteiger partial charge in [-0.2, -0.15) is 0 Å².